The summed E-state index contributed by atoms with van der Waals surface area (Å²) < 4.78 is 6.93. The van der Waals surface area contributed by atoms with Crippen LogP contribution in [-0.2, 0) is 4.74 Å². The quantitative estimate of drug-likeness (QED) is 0.615. The van der Waals surface area contributed by atoms with Gasteiger partial charge in [0, 0.05) is 30.9 Å². The molecule has 8 heteroatoms. The Morgan fingerprint density at radius 1 is 1.22 bits per heavy atom. The number of ether oxygens (including phenoxy) is 1. The van der Waals surface area contributed by atoms with Crippen molar-refractivity contribution in [3.8, 4) is 0 Å². The van der Waals surface area contributed by atoms with Crippen LogP contribution < -0.4 is 4.90 Å². The summed E-state index contributed by atoms with van der Waals surface area (Å²) in [5.74, 6) is -0.478. The lowest BCUT2D eigenvalue weighted by Gasteiger charge is -2.27. The van der Waals surface area contributed by atoms with Gasteiger partial charge >= 0.3 is 5.97 Å². The van der Waals surface area contributed by atoms with Gasteiger partial charge in [-0.1, -0.05) is 6.07 Å². The number of methoxy groups -OCH3 is 1. The number of esters is 1. The number of carbonyl (C=O) groups is 2. The monoisotopic (exact) mass is 436 g/mol. The lowest BCUT2D eigenvalue weighted by Crippen LogP contribution is -2.29. The number of anilines is 1. The number of rotatable bonds is 5. The van der Waals surface area contributed by atoms with Gasteiger partial charge in [-0.25, -0.2) is 9.78 Å². The van der Waals surface area contributed by atoms with E-state index in [4.69, 9.17) is 9.84 Å². The van der Waals surface area contributed by atoms with E-state index in [2.05, 4.69) is 4.98 Å². The molecule has 32 heavy (non-hydrogen) atoms. The van der Waals surface area contributed by atoms with Gasteiger partial charge in [0.15, 0.2) is 0 Å². The first-order chi connectivity index (χ1) is 15.4. The molecule has 1 N–H and O–H groups in total. The number of aliphatic hydroxyl groups is 1. The average Bonchev–Trinajstić information content (AvgIpc) is 3.25. The van der Waals surface area contributed by atoms with Crippen LogP contribution in [-0.4, -0.2) is 52.5 Å². The first kappa shape index (κ1) is 22.0. The maximum Gasteiger partial charge on any atom is 0.340 e. The molecule has 0 spiro atoms. The number of hydrogen-bond donors (Lipinski definition) is 1. The van der Waals surface area contributed by atoms with Gasteiger partial charge in [-0.3, -0.25) is 9.48 Å². The molecule has 168 valence electrons. The first-order valence-corrected chi connectivity index (χ1v) is 10.8. The summed E-state index contributed by atoms with van der Waals surface area (Å²) in [7, 11) is 2.94. The van der Waals surface area contributed by atoms with Crippen LogP contribution >= 0.6 is 0 Å². The number of aromatic nitrogens is 3. The first-order valence-electron chi connectivity index (χ1n) is 10.8. The second kappa shape index (κ2) is 9.08. The third-order valence-electron chi connectivity index (χ3n) is 6.27. The molecular formula is C24H28N4O4. The zero-order chi connectivity index (χ0) is 22.8. The van der Waals surface area contributed by atoms with Crippen molar-refractivity contribution in [2.75, 3.05) is 25.7 Å². The number of aryl methyl sites for hydroxylation is 1. The van der Waals surface area contributed by atoms with E-state index in [1.54, 1.807) is 31.3 Å². The van der Waals surface area contributed by atoms with Gasteiger partial charge in [-0.2, -0.15) is 5.10 Å². The van der Waals surface area contributed by atoms with Crippen LogP contribution in [0.3, 0.4) is 0 Å². The van der Waals surface area contributed by atoms with Crippen LogP contribution in [0.4, 0.5) is 5.69 Å². The van der Waals surface area contributed by atoms with Crippen molar-refractivity contribution >= 4 is 28.5 Å². The Bertz CT molecular complexity index is 1150. The van der Waals surface area contributed by atoms with Gasteiger partial charge in [0.05, 0.1) is 29.9 Å². The maximum atomic E-state index is 13.1. The second-order valence-corrected chi connectivity index (χ2v) is 8.41. The highest BCUT2D eigenvalue weighted by Crippen LogP contribution is 2.34. The Labute approximate surface area is 186 Å². The topological polar surface area (TPSA) is 97.5 Å². The van der Waals surface area contributed by atoms with Crippen LogP contribution in [0.25, 0.3) is 10.9 Å². The molecule has 0 atom stereocenters. The van der Waals surface area contributed by atoms with Gasteiger partial charge < -0.3 is 14.7 Å². The van der Waals surface area contributed by atoms with Crippen molar-refractivity contribution in [2.24, 2.45) is 5.92 Å². The van der Waals surface area contributed by atoms with Crippen molar-refractivity contribution in [1.82, 2.24) is 14.8 Å². The average molecular weight is 437 g/mol. The molecular weight excluding hydrogens is 408 g/mol. The molecule has 0 unspecified atom stereocenters. The van der Waals surface area contributed by atoms with Crippen molar-refractivity contribution in [1.29, 1.82) is 0 Å². The zero-order valence-corrected chi connectivity index (χ0v) is 18.6. The third-order valence-corrected chi connectivity index (χ3v) is 6.27. The number of aliphatic hydroxyl groups excluding tert-OH is 1. The van der Waals surface area contributed by atoms with E-state index in [0.717, 1.165) is 36.8 Å². The number of fused-ring (bicyclic) bond motifs is 1. The van der Waals surface area contributed by atoms with E-state index in [0.29, 0.717) is 22.8 Å². The number of carbonyl (C=O) groups excluding carboxylic acids is 2. The van der Waals surface area contributed by atoms with Crippen LogP contribution in [0.2, 0.25) is 0 Å². The minimum atomic E-state index is -0.531. The number of benzene rings is 1. The van der Waals surface area contributed by atoms with Crippen LogP contribution in [0.1, 0.15) is 58.3 Å². The Morgan fingerprint density at radius 2 is 1.97 bits per heavy atom. The van der Waals surface area contributed by atoms with Crippen molar-refractivity contribution in [3.05, 3.63) is 53.5 Å². The highest BCUT2D eigenvalue weighted by molar-refractivity contribution is 6.10. The minimum Gasteiger partial charge on any atom is -0.465 e. The Morgan fingerprint density at radius 3 is 2.62 bits per heavy atom. The summed E-state index contributed by atoms with van der Waals surface area (Å²) >= 11 is 0. The summed E-state index contributed by atoms with van der Waals surface area (Å²) in [6.45, 7) is 2.06. The molecule has 2 aromatic heterocycles. The Hall–Kier alpha value is -3.26. The zero-order valence-electron chi connectivity index (χ0n) is 18.6. The fourth-order valence-corrected chi connectivity index (χ4v) is 4.35. The summed E-state index contributed by atoms with van der Waals surface area (Å²) in [4.78, 5) is 31.4. The maximum absolute atomic E-state index is 13.1. The molecule has 1 fully saturated rings. The summed E-state index contributed by atoms with van der Waals surface area (Å²) in [5.41, 5.74) is 2.44. The molecule has 4 rings (SSSR count). The van der Waals surface area contributed by atoms with E-state index in [-0.39, 0.29) is 24.1 Å². The van der Waals surface area contributed by atoms with Gasteiger partial charge in [-0.05, 0) is 62.8 Å². The van der Waals surface area contributed by atoms with Gasteiger partial charge in [-0.15, -0.1) is 0 Å². The molecule has 2 heterocycles. The van der Waals surface area contributed by atoms with Gasteiger partial charge in [0.2, 0.25) is 0 Å². The fraction of sp³-hybridized carbons (Fsp3) is 0.417. The van der Waals surface area contributed by atoms with Crippen molar-refractivity contribution in [3.63, 3.8) is 0 Å². The molecule has 0 radical (unpaired) electrons. The highest BCUT2D eigenvalue weighted by Gasteiger charge is 2.25. The number of amides is 1. The van der Waals surface area contributed by atoms with E-state index in [9.17, 15) is 14.7 Å². The van der Waals surface area contributed by atoms with Crippen LogP contribution in [0.15, 0.2) is 36.5 Å². The highest BCUT2D eigenvalue weighted by atomic mass is 16.5. The summed E-state index contributed by atoms with van der Waals surface area (Å²) in [5, 5.41) is 14.9. The lowest BCUT2D eigenvalue weighted by molar-refractivity contribution is 0.0601. The largest absolute Gasteiger partial charge is 0.465 e. The molecule has 0 aliphatic heterocycles. The number of hydrogen-bond acceptors (Lipinski definition) is 6. The number of pyridine rings is 1. The fourth-order valence-electron chi connectivity index (χ4n) is 4.35. The lowest BCUT2D eigenvalue weighted by atomic mass is 9.87. The van der Waals surface area contributed by atoms with E-state index < -0.39 is 5.97 Å². The van der Waals surface area contributed by atoms with E-state index in [1.807, 2.05) is 23.9 Å². The second-order valence-electron chi connectivity index (χ2n) is 8.41. The van der Waals surface area contributed by atoms with Gasteiger partial charge in [0.1, 0.15) is 5.69 Å². The predicted molar refractivity (Wildman–Crippen MR) is 121 cm³/mol. The van der Waals surface area contributed by atoms with Crippen molar-refractivity contribution in [2.45, 2.75) is 38.6 Å². The molecule has 1 aromatic carbocycles. The standard InChI is InChI=1S/C24H28N4O4/c1-15-5-4-6-20(25-15)23(30)27(2)22-11-17-13-28(18-9-7-16(14-29)8-10-18)26-21(17)12-19(22)24(31)32-3/h4-6,11-13,16,18,29H,7-10,14H2,1-3H3/t16-,18-. The van der Waals surface area contributed by atoms with Crippen LogP contribution in [0, 0.1) is 12.8 Å². The Balaban J connectivity index is 1.71. The molecule has 0 saturated heterocycles. The van der Waals surface area contributed by atoms with E-state index in [1.165, 1.54) is 12.0 Å². The molecule has 0 bridgehead atoms. The minimum absolute atomic E-state index is 0.232. The molecule has 1 aliphatic rings. The Kier molecular flexibility index (Phi) is 6.23. The smallest absolute Gasteiger partial charge is 0.340 e. The summed E-state index contributed by atoms with van der Waals surface area (Å²) in [6, 6.07) is 9.00. The normalized spacial score (nSPS) is 18.5. The third kappa shape index (κ3) is 4.23. The molecule has 1 aliphatic carbocycles. The van der Waals surface area contributed by atoms with Crippen molar-refractivity contribution < 1.29 is 19.4 Å². The van der Waals surface area contributed by atoms with Gasteiger partial charge in [0.25, 0.3) is 5.91 Å². The SMILES string of the molecule is COC(=O)c1cc2nn([C@H]3CC[C@H](CO)CC3)cc2cc1N(C)C(=O)c1cccc(C)n1. The van der Waals surface area contributed by atoms with E-state index >= 15 is 0 Å². The molecule has 1 saturated carbocycles. The number of nitrogens with zero attached hydrogens (tertiary/aromatic N) is 4. The molecule has 1 amide bonds. The molecule has 3 aromatic rings. The summed E-state index contributed by atoms with van der Waals surface area (Å²) in [6.07, 6.45) is 5.81. The predicted octanol–water partition coefficient (Wildman–Crippen LogP) is 3.53. The molecule has 8 nitrogen and oxygen atoms in total. The van der Waals surface area contributed by atoms with Crippen LogP contribution in [0.5, 0.6) is 0 Å².